The highest BCUT2D eigenvalue weighted by molar-refractivity contribution is 6.00. The van der Waals surface area contributed by atoms with E-state index in [2.05, 4.69) is 57.3 Å². The van der Waals surface area contributed by atoms with E-state index in [0.29, 0.717) is 11.1 Å². The Balaban J connectivity index is 1.80. The molecular weight excluding hydrogens is 438 g/mol. The van der Waals surface area contributed by atoms with Crippen molar-refractivity contribution in [3.63, 3.8) is 0 Å². The zero-order chi connectivity index (χ0) is 25.0. The van der Waals surface area contributed by atoms with Gasteiger partial charge >= 0.3 is 0 Å². The number of aromatic amines is 2. The molecule has 3 aromatic carbocycles. The van der Waals surface area contributed by atoms with Gasteiger partial charge in [-0.05, 0) is 61.4 Å². The summed E-state index contributed by atoms with van der Waals surface area (Å²) < 4.78 is 0. The van der Waals surface area contributed by atoms with Crippen molar-refractivity contribution in [1.29, 1.82) is 0 Å². The summed E-state index contributed by atoms with van der Waals surface area (Å²) in [6.07, 6.45) is 0. The Kier molecular flexibility index (Phi) is 5.28. The zero-order valence-electron chi connectivity index (χ0n) is 20.8. The van der Waals surface area contributed by atoms with Gasteiger partial charge in [-0.3, -0.25) is 10.1 Å². The largest absolute Gasteiger partial charge is 0.378 e. The van der Waals surface area contributed by atoms with E-state index >= 15 is 0 Å². The Labute approximate surface area is 204 Å². The standard InChI is InChI=1S/C28H28N5O2/c1-16-20-12-10-18(31(3)4)14-23(20)29-27(16)22-8-7-9-25(33(34)35)26(22)28-17(2)21-13-11-19(32(5)6)15-24(21)30-28/h7,9-15,29-30H,1-6H3. The molecule has 0 amide bonds. The molecule has 0 aliphatic heterocycles. The van der Waals surface area contributed by atoms with Crippen LogP contribution in [-0.4, -0.2) is 43.1 Å². The summed E-state index contributed by atoms with van der Waals surface area (Å²) in [6.45, 7) is 4.05. The monoisotopic (exact) mass is 466 g/mol. The van der Waals surface area contributed by atoms with Gasteiger partial charge in [-0.1, -0.05) is 12.1 Å². The molecule has 0 spiro atoms. The molecule has 0 saturated carbocycles. The molecule has 1 radical (unpaired) electrons. The number of anilines is 2. The molecule has 7 nitrogen and oxygen atoms in total. The average Bonchev–Trinajstić information content (AvgIpc) is 3.34. The molecule has 2 heterocycles. The van der Waals surface area contributed by atoms with Crippen molar-refractivity contribution in [3.05, 3.63) is 75.8 Å². The number of benzene rings is 3. The number of aryl methyl sites for hydroxylation is 2. The van der Waals surface area contributed by atoms with Crippen molar-refractivity contribution in [2.45, 2.75) is 13.8 Å². The van der Waals surface area contributed by atoms with Gasteiger partial charge in [-0.15, -0.1) is 0 Å². The first-order chi connectivity index (χ1) is 16.7. The summed E-state index contributed by atoms with van der Waals surface area (Å²) in [5.74, 6) is 0. The van der Waals surface area contributed by atoms with Crippen LogP contribution in [-0.2, 0) is 0 Å². The lowest BCUT2D eigenvalue weighted by atomic mass is 9.95. The molecule has 35 heavy (non-hydrogen) atoms. The normalized spacial score (nSPS) is 11.4. The lowest BCUT2D eigenvalue weighted by Crippen LogP contribution is -2.07. The van der Waals surface area contributed by atoms with Crippen LogP contribution in [0.15, 0.2) is 48.5 Å². The SMILES string of the molecule is Cc1c(-c2[c]ccc([N+](=O)[O-])c2-c2[nH]c3cc(N(C)C)ccc3c2C)[nH]c2cc(N(C)C)ccc12. The average molecular weight is 467 g/mol. The van der Waals surface area contributed by atoms with Gasteiger partial charge in [0.25, 0.3) is 5.69 Å². The van der Waals surface area contributed by atoms with Crippen LogP contribution in [0.1, 0.15) is 11.1 Å². The van der Waals surface area contributed by atoms with E-state index < -0.39 is 0 Å². The van der Waals surface area contributed by atoms with E-state index in [-0.39, 0.29) is 10.6 Å². The van der Waals surface area contributed by atoms with Crippen molar-refractivity contribution >= 4 is 38.9 Å². The molecule has 2 aromatic heterocycles. The first-order valence-electron chi connectivity index (χ1n) is 11.5. The quantitative estimate of drug-likeness (QED) is 0.231. The number of nitrogens with one attached hydrogen (secondary N) is 2. The number of fused-ring (bicyclic) bond motifs is 2. The minimum atomic E-state index is -0.314. The lowest BCUT2D eigenvalue weighted by Gasteiger charge is -2.11. The minimum absolute atomic E-state index is 0.0493. The molecule has 5 aromatic rings. The fourth-order valence-corrected chi connectivity index (χ4v) is 4.80. The molecule has 0 saturated heterocycles. The Morgan fingerprint density at radius 1 is 0.800 bits per heavy atom. The zero-order valence-corrected chi connectivity index (χ0v) is 20.8. The Bertz CT molecular complexity index is 1610. The van der Waals surface area contributed by atoms with E-state index in [9.17, 15) is 10.1 Å². The van der Waals surface area contributed by atoms with Gasteiger partial charge in [0.15, 0.2) is 0 Å². The molecule has 0 atom stereocenters. The smallest absolute Gasteiger partial charge is 0.279 e. The second kappa shape index (κ2) is 8.20. The number of rotatable bonds is 5. The summed E-state index contributed by atoms with van der Waals surface area (Å²) >= 11 is 0. The summed E-state index contributed by atoms with van der Waals surface area (Å²) in [6, 6.07) is 18.9. The van der Waals surface area contributed by atoms with Gasteiger partial charge in [-0.25, -0.2) is 0 Å². The van der Waals surface area contributed by atoms with Gasteiger partial charge < -0.3 is 19.8 Å². The first-order valence-corrected chi connectivity index (χ1v) is 11.5. The summed E-state index contributed by atoms with van der Waals surface area (Å²) in [4.78, 5) is 23.0. The molecular formula is C28H28N5O2. The van der Waals surface area contributed by atoms with Crippen molar-refractivity contribution in [3.8, 4) is 22.5 Å². The van der Waals surface area contributed by atoms with E-state index in [1.807, 2.05) is 46.9 Å². The van der Waals surface area contributed by atoms with Crippen LogP contribution in [0.2, 0.25) is 0 Å². The first kappa shape index (κ1) is 22.5. The van der Waals surface area contributed by atoms with Crippen LogP contribution in [0.4, 0.5) is 17.1 Å². The molecule has 0 aliphatic rings. The second-order valence-electron chi connectivity index (χ2n) is 9.37. The van der Waals surface area contributed by atoms with Crippen LogP contribution in [0.5, 0.6) is 0 Å². The van der Waals surface area contributed by atoms with Crippen LogP contribution in [0.25, 0.3) is 44.3 Å². The topological polar surface area (TPSA) is 81.2 Å². The molecule has 0 bridgehead atoms. The maximum Gasteiger partial charge on any atom is 0.279 e. The number of H-pyrrole nitrogens is 2. The molecule has 7 heteroatoms. The Morgan fingerprint density at radius 2 is 1.31 bits per heavy atom. The van der Waals surface area contributed by atoms with Crippen LogP contribution < -0.4 is 9.80 Å². The van der Waals surface area contributed by atoms with E-state index in [1.54, 1.807) is 6.07 Å². The number of hydrogen-bond donors (Lipinski definition) is 2. The third kappa shape index (κ3) is 3.60. The molecule has 5 rings (SSSR count). The maximum atomic E-state index is 12.2. The third-order valence-corrected chi connectivity index (χ3v) is 6.79. The minimum Gasteiger partial charge on any atom is -0.378 e. The highest BCUT2D eigenvalue weighted by Gasteiger charge is 2.26. The second-order valence-corrected chi connectivity index (χ2v) is 9.37. The van der Waals surface area contributed by atoms with E-state index in [4.69, 9.17) is 0 Å². The van der Waals surface area contributed by atoms with Gasteiger partial charge in [-0.2, -0.15) is 0 Å². The number of aromatic nitrogens is 2. The third-order valence-electron chi connectivity index (χ3n) is 6.79. The molecule has 0 aliphatic carbocycles. The Hall–Kier alpha value is -4.26. The van der Waals surface area contributed by atoms with Crippen LogP contribution >= 0.6 is 0 Å². The van der Waals surface area contributed by atoms with Crippen LogP contribution in [0.3, 0.4) is 0 Å². The summed E-state index contributed by atoms with van der Waals surface area (Å²) in [7, 11) is 8.00. The van der Waals surface area contributed by atoms with Gasteiger partial charge in [0.05, 0.1) is 21.9 Å². The fourth-order valence-electron chi connectivity index (χ4n) is 4.80. The van der Waals surface area contributed by atoms with Crippen molar-refractivity contribution in [2.75, 3.05) is 38.0 Å². The molecule has 2 N–H and O–H groups in total. The highest BCUT2D eigenvalue weighted by atomic mass is 16.6. The number of nitrogens with zero attached hydrogens (tertiary/aromatic N) is 3. The van der Waals surface area contributed by atoms with Gasteiger partial charge in [0, 0.05) is 73.0 Å². The van der Waals surface area contributed by atoms with Gasteiger partial charge in [0.1, 0.15) is 0 Å². The van der Waals surface area contributed by atoms with Crippen molar-refractivity contribution in [2.24, 2.45) is 0 Å². The number of hydrogen-bond acceptors (Lipinski definition) is 4. The predicted molar refractivity (Wildman–Crippen MR) is 145 cm³/mol. The molecule has 177 valence electrons. The van der Waals surface area contributed by atoms with E-state index in [1.165, 1.54) is 6.07 Å². The predicted octanol–water partition coefficient (Wildman–Crippen LogP) is 6.44. The van der Waals surface area contributed by atoms with Crippen molar-refractivity contribution in [1.82, 2.24) is 9.97 Å². The highest BCUT2D eigenvalue weighted by Crippen LogP contribution is 2.43. The maximum absolute atomic E-state index is 12.2. The number of nitro benzene ring substituents is 1. The molecule has 0 fully saturated rings. The van der Waals surface area contributed by atoms with Gasteiger partial charge in [0.2, 0.25) is 0 Å². The lowest BCUT2D eigenvalue weighted by molar-refractivity contribution is -0.384. The van der Waals surface area contributed by atoms with E-state index in [0.717, 1.165) is 55.7 Å². The molecule has 0 unspecified atom stereocenters. The summed E-state index contributed by atoms with van der Waals surface area (Å²) in [5, 5.41) is 14.3. The Morgan fingerprint density at radius 3 is 1.83 bits per heavy atom. The van der Waals surface area contributed by atoms with Crippen molar-refractivity contribution < 1.29 is 4.92 Å². The van der Waals surface area contributed by atoms with Crippen LogP contribution in [0, 0.1) is 30.0 Å². The fraction of sp³-hybridized carbons (Fsp3) is 0.214. The summed E-state index contributed by atoms with van der Waals surface area (Å²) in [5.41, 5.74) is 8.91. The number of nitro groups is 1.